The summed E-state index contributed by atoms with van der Waals surface area (Å²) < 4.78 is 20.0. The molecule has 0 fully saturated rings. The molecule has 3 rings (SSSR count). The predicted molar refractivity (Wildman–Crippen MR) is 83.0 cm³/mol. The van der Waals surface area contributed by atoms with Gasteiger partial charge in [0, 0.05) is 16.5 Å². The SMILES string of the molecule is OC(CCc1ccc2c(c1)CCO2)c1cc(Br)ccc1F. The number of benzene rings is 2. The molecule has 2 aromatic carbocycles. The van der Waals surface area contributed by atoms with Crippen LogP contribution in [0, 0.1) is 5.82 Å². The fourth-order valence-electron chi connectivity index (χ4n) is 2.62. The number of hydrogen-bond donors (Lipinski definition) is 1. The van der Waals surface area contributed by atoms with Crippen LogP contribution in [-0.2, 0) is 12.8 Å². The number of hydrogen-bond acceptors (Lipinski definition) is 2. The molecule has 0 amide bonds. The van der Waals surface area contributed by atoms with Gasteiger partial charge in [0.2, 0.25) is 0 Å². The van der Waals surface area contributed by atoms with E-state index in [1.54, 1.807) is 12.1 Å². The van der Waals surface area contributed by atoms with Gasteiger partial charge in [-0.25, -0.2) is 4.39 Å². The highest BCUT2D eigenvalue weighted by Crippen LogP contribution is 2.28. The Morgan fingerprint density at radius 2 is 2.10 bits per heavy atom. The first-order valence-electron chi connectivity index (χ1n) is 7.01. The van der Waals surface area contributed by atoms with Gasteiger partial charge in [0.25, 0.3) is 0 Å². The molecule has 0 spiro atoms. The van der Waals surface area contributed by atoms with Gasteiger partial charge in [-0.3, -0.25) is 0 Å². The van der Waals surface area contributed by atoms with E-state index in [-0.39, 0.29) is 5.82 Å². The van der Waals surface area contributed by atoms with Gasteiger partial charge in [0.15, 0.2) is 0 Å². The highest BCUT2D eigenvalue weighted by molar-refractivity contribution is 9.10. The summed E-state index contributed by atoms with van der Waals surface area (Å²) in [4.78, 5) is 0. The molecule has 1 unspecified atom stereocenters. The Balaban J connectivity index is 1.68. The monoisotopic (exact) mass is 350 g/mol. The maximum Gasteiger partial charge on any atom is 0.129 e. The molecule has 110 valence electrons. The minimum absolute atomic E-state index is 0.342. The van der Waals surface area contributed by atoms with Crippen LogP contribution >= 0.6 is 15.9 Å². The van der Waals surface area contributed by atoms with Crippen molar-refractivity contribution in [1.82, 2.24) is 0 Å². The lowest BCUT2D eigenvalue weighted by Crippen LogP contribution is -2.02. The van der Waals surface area contributed by atoms with E-state index in [0.717, 1.165) is 28.8 Å². The van der Waals surface area contributed by atoms with Crippen LogP contribution in [0.4, 0.5) is 4.39 Å². The topological polar surface area (TPSA) is 29.5 Å². The first-order chi connectivity index (χ1) is 10.1. The third kappa shape index (κ3) is 3.27. The Bertz CT molecular complexity index is 657. The van der Waals surface area contributed by atoms with Crippen molar-refractivity contribution in [2.24, 2.45) is 0 Å². The van der Waals surface area contributed by atoms with Gasteiger partial charge in [0.05, 0.1) is 12.7 Å². The third-order valence-corrected chi connectivity index (χ3v) is 4.27. The molecule has 2 aromatic rings. The molecular weight excluding hydrogens is 335 g/mol. The van der Waals surface area contributed by atoms with E-state index in [4.69, 9.17) is 4.74 Å². The van der Waals surface area contributed by atoms with E-state index < -0.39 is 6.10 Å². The van der Waals surface area contributed by atoms with Crippen LogP contribution in [0.3, 0.4) is 0 Å². The van der Waals surface area contributed by atoms with Crippen molar-refractivity contribution in [2.75, 3.05) is 6.61 Å². The average Bonchev–Trinajstić information content (AvgIpc) is 2.94. The van der Waals surface area contributed by atoms with Crippen LogP contribution in [0.25, 0.3) is 0 Å². The number of aliphatic hydroxyl groups excluding tert-OH is 1. The Labute approximate surface area is 131 Å². The van der Waals surface area contributed by atoms with Crippen molar-refractivity contribution in [3.63, 3.8) is 0 Å². The molecule has 0 saturated heterocycles. The Morgan fingerprint density at radius 3 is 2.95 bits per heavy atom. The van der Waals surface area contributed by atoms with Crippen LogP contribution in [0.5, 0.6) is 5.75 Å². The first-order valence-corrected chi connectivity index (χ1v) is 7.80. The number of aryl methyl sites for hydroxylation is 1. The molecule has 4 heteroatoms. The molecule has 1 aliphatic rings. The normalized spacial score (nSPS) is 14.6. The van der Waals surface area contributed by atoms with E-state index in [9.17, 15) is 9.50 Å². The lowest BCUT2D eigenvalue weighted by Gasteiger charge is -2.13. The van der Waals surface area contributed by atoms with Crippen LogP contribution in [0.2, 0.25) is 0 Å². The van der Waals surface area contributed by atoms with Crippen molar-refractivity contribution >= 4 is 15.9 Å². The molecule has 1 atom stereocenters. The average molecular weight is 351 g/mol. The Morgan fingerprint density at radius 1 is 1.24 bits per heavy atom. The van der Waals surface area contributed by atoms with E-state index in [1.807, 2.05) is 12.1 Å². The summed E-state index contributed by atoms with van der Waals surface area (Å²) in [6, 6.07) is 10.7. The van der Waals surface area contributed by atoms with Gasteiger partial charge in [0.1, 0.15) is 11.6 Å². The highest BCUT2D eigenvalue weighted by Gasteiger charge is 2.15. The first kappa shape index (κ1) is 14.5. The Hall–Kier alpha value is -1.39. The summed E-state index contributed by atoms with van der Waals surface area (Å²) in [7, 11) is 0. The molecular formula is C17H16BrFO2. The summed E-state index contributed by atoms with van der Waals surface area (Å²) in [6.07, 6.45) is 1.34. The van der Waals surface area contributed by atoms with Crippen LogP contribution < -0.4 is 4.74 Å². The largest absolute Gasteiger partial charge is 0.493 e. The summed E-state index contributed by atoms with van der Waals surface area (Å²) >= 11 is 3.30. The quantitative estimate of drug-likeness (QED) is 0.895. The van der Waals surface area contributed by atoms with Gasteiger partial charge >= 0.3 is 0 Å². The maximum atomic E-state index is 13.7. The van der Waals surface area contributed by atoms with Gasteiger partial charge < -0.3 is 9.84 Å². The summed E-state index contributed by atoms with van der Waals surface area (Å²) in [5, 5.41) is 10.2. The lowest BCUT2D eigenvalue weighted by atomic mass is 9.99. The summed E-state index contributed by atoms with van der Waals surface area (Å²) in [6.45, 7) is 0.741. The van der Waals surface area contributed by atoms with Crippen LogP contribution in [0.1, 0.15) is 29.2 Å². The number of aliphatic hydroxyl groups is 1. The smallest absolute Gasteiger partial charge is 0.129 e. The second-order valence-electron chi connectivity index (χ2n) is 5.26. The standard InChI is InChI=1S/C17H16BrFO2/c18-13-3-4-15(19)14(10-13)16(20)5-1-11-2-6-17-12(9-11)7-8-21-17/h2-4,6,9-10,16,20H,1,5,7-8H2. The van der Waals surface area contributed by atoms with Crippen molar-refractivity contribution in [3.8, 4) is 5.75 Å². The Kier molecular flexibility index (Phi) is 4.27. The van der Waals surface area contributed by atoms with Crippen LogP contribution in [0.15, 0.2) is 40.9 Å². The molecule has 1 N–H and O–H groups in total. The third-order valence-electron chi connectivity index (χ3n) is 3.78. The predicted octanol–water partition coefficient (Wildman–Crippen LogP) is 4.19. The number of ether oxygens (including phenoxy) is 1. The number of fused-ring (bicyclic) bond motifs is 1. The van der Waals surface area contributed by atoms with Gasteiger partial charge in [-0.1, -0.05) is 28.1 Å². The van der Waals surface area contributed by atoms with Gasteiger partial charge in [-0.15, -0.1) is 0 Å². The van der Waals surface area contributed by atoms with E-state index in [2.05, 4.69) is 22.0 Å². The molecule has 0 saturated carbocycles. The van der Waals surface area contributed by atoms with Gasteiger partial charge in [-0.2, -0.15) is 0 Å². The highest BCUT2D eigenvalue weighted by atomic mass is 79.9. The molecule has 0 bridgehead atoms. The second-order valence-corrected chi connectivity index (χ2v) is 6.18. The van der Waals surface area contributed by atoms with Crippen molar-refractivity contribution in [1.29, 1.82) is 0 Å². The molecule has 0 radical (unpaired) electrons. The van der Waals surface area contributed by atoms with E-state index in [1.165, 1.54) is 11.6 Å². The lowest BCUT2D eigenvalue weighted by molar-refractivity contribution is 0.163. The number of rotatable bonds is 4. The van der Waals surface area contributed by atoms with Crippen LogP contribution in [-0.4, -0.2) is 11.7 Å². The zero-order valence-electron chi connectivity index (χ0n) is 11.5. The van der Waals surface area contributed by atoms with E-state index in [0.29, 0.717) is 18.4 Å². The fourth-order valence-corrected chi connectivity index (χ4v) is 3.00. The molecule has 2 nitrogen and oxygen atoms in total. The zero-order valence-corrected chi connectivity index (χ0v) is 13.1. The fraction of sp³-hybridized carbons (Fsp3) is 0.294. The van der Waals surface area contributed by atoms with E-state index >= 15 is 0 Å². The second kappa shape index (κ2) is 6.16. The van der Waals surface area contributed by atoms with Crippen molar-refractivity contribution < 1.29 is 14.2 Å². The molecule has 21 heavy (non-hydrogen) atoms. The minimum Gasteiger partial charge on any atom is -0.493 e. The van der Waals surface area contributed by atoms with Crippen molar-refractivity contribution in [2.45, 2.75) is 25.4 Å². The van der Waals surface area contributed by atoms with Gasteiger partial charge in [-0.05, 0) is 48.2 Å². The maximum absolute atomic E-state index is 13.7. The molecule has 0 aromatic heterocycles. The minimum atomic E-state index is -0.799. The molecule has 1 heterocycles. The summed E-state index contributed by atoms with van der Waals surface area (Å²) in [5.41, 5.74) is 2.71. The molecule has 0 aliphatic carbocycles. The van der Waals surface area contributed by atoms with Crippen molar-refractivity contribution in [3.05, 3.63) is 63.4 Å². The number of halogens is 2. The molecule has 1 aliphatic heterocycles. The zero-order chi connectivity index (χ0) is 14.8. The summed E-state index contributed by atoms with van der Waals surface area (Å²) in [5.74, 6) is 0.588.